The molecule has 0 aliphatic carbocycles. The molecule has 1 fully saturated rings. The molecule has 5 heteroatoms. The highest BCUT2D eigenvalue weighted by molar-refractivity contribution is 6.00. The van der Waals surface area contributed by atoms with Crippen LogP contribution in [0.1, 0.15) is 30.0 Å². The van der Waals surface area contributed by atoms with E-state index >= 15 is 0 Å². The predicted octanol–water partition coefficient (Wildman–Crippen LogP) is 0.653. The standard InChI is InChI=1S/C14H16N2O3/c17-13(11-6-3-7-19-11)16-14(18)12-10-5-2-1-4-9(10)8-15-12/h1-2,4-5,11-12,15H,3,6-8H2,(H,16,17,18)/t11-,12?/m0/s1. The molecule has 19 heavy (non-hydrogen) atoms. The van der Waals surface area contributed by atoms with Crippen LogP contribution in [0, 0.1) is 0 Å². The van der Waals surface area contributed by atoms with Crippen LogP contribution in [0.2, 0.25) is 0 Å². The van der Waals surface area contributed by atoms with Crippen molar-refractivity contribution in [3.8, 4) is 0 Å². The van der Waals surface area contributed by atoms with E-state index in [1.54, 1.807) is 0 Å². The van der Waals surface area contributed by atoms with E-state index < -0.39 is 12.1 Å². The Bertz CT molecular complexity index is 509. The molecule has 0 saturated carbocycles. The van der Waals surface area contributed by atoms with Gasteiger partial charge in [-0.15, -0.1) is 0 Å². The van der Waals surface area contributed by atoms with Gasteiger partial charge in [-0.25, -0.2) is 0 Å². The van der Waals surface area contributed by atoms with Crippen LogP contribution in [-0.2, 0) is 20.9 Å². The first-order chi connectivity index (χ1) is 9.25. The molecule has 2 atom stereocenters. The van der Waals surface area contributed by atoms with E-state index in [1.165, 1.54) is 0 Å². The lowest BCUT2D eigenvalue weighted by molar-refractivity contribution is -0.137. The van der Waals surface area contributed by atoms with Gasteiger partial charge in [0.1, 0.15) is 12.1 Å². The van der Waals surface area contributed by atoms with Crippen LogP contribution in [0.4, 0.5) is 0 Å². The van der Waals surface area contributed by atoms with Crippen molar-refractivity contribution in [1.29, 1.82) is 0 Å². The fraction of sp³-hybridized carbons (Fsp3) is 0.429. The first-order valence-corrected chi connectivity index (χ1v) is 6.53. The minimum Gasteiger partial charge on any atom is -0.368 e. The van der Waals surface area contributed by atoms with Crippen molar-refractivity contribution in [2.24, 2.45) is 0 Å². The Hall–Kier alpha value is -1.72. The lowest BCUT2D eigenvalue weighted by Gasteiger charge is -2.14. The number of carbonyl (C=O) groups is 2. The fourth-order valence-corrected chi connectivity index (χ4v) is 2.59. The summed E-state index contributed by atoms with van der Waals surface area (Å²) in [4.78, 5) is 24.0. The molecule has 1 saturated heterocycles. The van der Waals surface area contributed by atoms with Crippen molar-refractivity contribution in [3.63, 3.8) is 0 Å². The maximum atomic E-state index is 12.1. The van der Waals surface area contributed by atoms with Gasteiger partial charge in [0.15, 0.2) is 0 Å². The zero-order valence-corrected chi connectivity index (χ0v) is 10.5. The Morgan fingerprint density at radius 2 is 2.11 bits per heavy atom. The third-order valence-corrected chi connectivity index (χ3v) is 3.59. The van der Waals surface area contributed by atoms with Crippen LogP contribution in [0.3, 0.4) is 0 Å². The van der Waals surface area contributed by atoms with Gasteiger partial charge in [0.2, 0.25) is 5.91 Å². The van der Waals surface area contributed by atoms with Crippen LogP contribution >= 0.6 is 0 Å². The summed E-state index contributed by atoms with van der Waals surface area (Å²) in [6, 6.07) is 7.29. The predicted molar refractivity (Wildman–Crippen MR) is 68.1 cm³/mol. The summed E-state index contributed by atoms with van der Waals surface area (Å²) in [6.07, 6.45) is 1.09. The zero-order chi connectivity index (χ0) is 13.2. The number of carbonyl (C=O) groups excluding carboxylic acids is 2. The zero-order valence-electron chi connectivity index (χ0n) is 10.5. The summed E-state index contributed by atoms with van der Waals surface area (Å²) in [5, 5.41) is 5.55. The van der Waals surface area contributed by atoms with Crippen molar-refractivity contribution < 1.29 is 14.3 Å². The minimum atomic E-state index is -0.472. The summed E-state index contributed by atoms with van der Waals surface area (Å²) in [7, 11) is 0. The SMILES string of the molecule is O=C(NC(=O)[C@@H]1CCCO1)C1NCc2ccccc21. The summed E-state index contributed by atoms with van der Waals surface area (Å²) in [5.41, 5.74) is 2.05. The van der Waals surface area contributed by atoms with Gasteiger partial charge in [0.25, 0.3) is 5.91 Å². The maximum Gasteiger partial charge on any atom is 0.255 e. The Kier molecular flexibility index (Phi) is 3.31. The van der Waals surface area contributed by atoms with E-state index in [2.05, 4.69) is 10.6 Å². The molecule has 1 aromatic rings. The van der Waals surface area contributed by atoms with Crippen molar-refractivity contribution >= 4 is 11.8 Å². The molecular weight excluding hydrogens is 244 g/mol. The van der Waals surface area contributed by atoms with Crippen molar-refractivity contribution in [1.82, 2.24) is 10.6 Å². The quantitative estimate of drug-likeness (QED) is 0.766. The van der Waals surface area contributed by atoms with Crippen LogP contribution in [0.5, 0.6) is 0 Å². The fourth-order valence-electron chi connectivity index (χ4n) is 2.59. The highest BCUT2D eigenvalue weighted by Gasteiger charge is 2.31. The molecule has 1 unspecified atom stereocenters. The number of benzene rings is 1. The van der Waals surface area contributed by atoms with Gasteiger partial charge in [-0.05, 0) is 24.0 Å². The topological polar surface area (TPSA) is 67.4 Å². The number of amides is 2. The molecule has 1 aromatic carbocycles. The molecule has 3 rings (SSSR count). The van der Waals surface area contributed by atoms with Crippen molar-refractivity contribution in [2.75, 3.05) is 6.61 Å². The van der Waals surface area contributed by atoms with E-state index in [0.29, 0.717) is 19.6 Å². The smallest absolute Gasteiger partial charge is 0.255 e. The van der Waals surface area contributed by atoms with Crippen molar-refractivity contribution in [3.05, 3.63) is 35.4 Å². The first-order valence-electron chi connectivity index (χ1n) is 6.53. The molecule has 2 heterocycles. The lowest BCUT2D eigenvalue weighted by Crippen LogP contribution is -2.42. The number of rotatable bonds is 2. The summed E-state index contributed by atoms with van der Waals surface area (Å²) < 4.78 is 5.26. The number of hydrogen-bond donors (Lipinski definition) is 2. The molecule has 2 N–H and O–H groups in total. The molecule has 5 nitrogen and oxygen atoms in total. The molecule has 2 aliphatic rings. The van der Waals surface area contributed by atoms with Crippen LogP contribution in [0.25, 0.3) is 0 Å². The highest BCUT2D eigenvalue weighted by atomic mass is 16.5. The average molecular weight is 260 g/mol. The number of imide groups is 1. The van der Waals surface area contributed by atoms with Gasteiger partial charge < -0.3 is 4.74 Å². The number of ether oxygens (including phenoxy) is 1. The normalized spacial score (nSPS) is 25.1. The Labute approximate surface area is 111 Å². The van der Waals surface area contributed by atoms with Crippen molar-refractivity contribution in [2.45, 2.75) is 31.5 Å². The van der Waals surface area contributed by atoms with Crippen LogP contribution in [-0.4, -0.2) is 24.5 Å². The third-order valence-electron chi connectivity index (χ3n) is 3.59. The van der Waals surface area contributed by atoms with E-state index in [9.17, 15) is 9.59 Å². The molecule has 100 valence electrons. The molecule has 0 spiro atoms. The lowest BCUT2D eigenvalue weighted by atomic mass is 10.0. The Balaban J connectivity index is 1.67. The number of hydrogen-bond acceptors (Lipinski definition) is 4. The first kappa shape index (κ1) is 12.3. The van der Waals surface area contributed by atoms with Gasteiger partial charge >= 0.3 is 0 Å². The van der Waals surface area contributed by atoms with Gasteiger partial charge in [0.05, 0.1) is 0 Å². The van der Waals surface area contributed by atoms with Crippen LogP contribution in [0.15, 0.2) is 24.3 Å². The summed E-state index contributed by atoms with van der Waals surface area (Å²) in [5.74, 6) is -0.626. The molecule has 2 aliphatic heterocycles. The number of nitrogens with one attached hydrogen (secondary N) is 2. The monoisotopic (exact) mass is 260 g/mol. The number of fused-ring (bicyclic) bond motifs is 1. The Morgan fingerprint density at radius 1 is 1.26 bits per heavy atom. The van der Waals surface area contributed by atoms with E-state index in [-0.39, 0.29) is 11.8 Å². The second-order valence-electron chi connectivity index (χ2n) is 4.87. The average Bonchev–Trinajstić information content (AvgIpc) is 3.08. The molecular formula is C14H16N2O3. The van der Waals surface area contributed by atoms with Gasteiger partial charge in [0, 0.05) is 13.2 Å². The molecule has 2 amide bonds. The molecule has 0 radical (unpaired) electrons. The second kappa shape index (κ2) is 5.11. The Morgan fingerprint density at radius 3 is 2.89 bits per heavy atom. The molecule has 0 bridgehead atoms. The molecule has 0 aromatic heterocycles. The highest BCUT2D eigenvalue weighted by Crippen LogP contribution is 2.25. The third kappa shape index (κ3) is 2.39. The minimum absolute atomic E-state index is 0.301. The maximum absolute atomic E-state index is 12.1. The summed E-state index contributed by atoms with van der Waals surface area (Å²) >= 11 is 0. The van der Waals surface area contributed by atoms with E-state index in [0.717, 1.165) is 17.5 Å². The van der Waals surface area contributed by atoms with Crippen LogP contribution < -0.4 is 10.6 Å². The largest absolute Gasteiger partial charge is 0.368 e. The van der Waals surface area contributed by atoms with Gasteiger partial charge in [-0.3, -0.25) is 20.2 Å². The van der Waals surface area contributed by atoms with Gasteiger partial charge in [-0.2, -0.15) is 0 Å². The second-order valence-corrected chi connectivity index (χ2v) is 4.87. The van der Waals surface area contributed by atoms with Gasteiger partial charge in [-0.1, -0.05) is 24.3 Å². The summed E-state index contributed by atoms with van der Waals surface area (Å²) in [6.45, 7) is 1.25. The van der Waals surface area contributed by atoms with E-state index in [1.807, 2.05) is 24.3 Å². The van der Waals surface area contributed by atoms with E-state index in [4.69, 9.17) is 4.74 Å².